The van der Waals surface area contributed by atoms with E-state index >= 15 is 0 Å². The Labute approximate surface area is 84.2 Å². The molecule has 2 bridgehead atoms. The molecule has 14 heavy (non-hydrogen) atoms. The molecule has 0 aliphatic heterocycles. The lowest BCUT2D eigenvalue weighted by molar-refractivity contribution is 1.09. The average Bonchev–Trinajstić information content (AvgIpc) is 2.22. The van der Waals surface area contributed by atoms with E-state index in [1.807, 2.05) is 18.2 Å². The second kappa shape index (κ2) is 5.14. The fraction of sp³-hybridized carbons (Fsp3) is 0.0833. The highest BCUT2D eigenvalue weighted by Crippen LogP contribution is 2.18. The van der Waals surface area contributed by atoms with Crippen molar-refractivity contribution in [3.63, 3.8) is 0 Å². The first-order chi connectivity index (χ1) is 6.45. The van der Waals surface area contributed by atoms with Gasteiger partial charge in [-0.2, -0.15) is 0 Å². The lowest BCUT2D eigenvalue weighted by atomic mass is 9.94. The van der Waals surface area contributed by atoms with Gasteiger partial charge in [0.1, 0.15) is 0 Å². The van der Waals surface area contributed by atoms with Gasteiger partial charge >= 0.3 is 0 Å². The number of aromatic nitrogens is 1. The van der Waals surface area contributed by atoms with Gasteiger partial charge in [-0.15, -0.1) is 0 Å². The van der Waals surface area contributed by atoms with Gasteiger partial charge in [-0.3, -0.25) is 4.98 Å². The maximum absolute atomic E-state index is 3.78. The lowest BCUT2D eigenvalue weighted by Gasteiger charge is -2.11. The van der Waals surface area contributed by atoms with Gasteiger partial charge in [0.2, 0.25) is 0 Å². The summed E-state index contributed by atoms with van der Waals surface area (Å²) in [5.74, 6) is 0. The van der Waals surface area contributed by atoms with Crippen molar-refractivity contribution < 1.29 is 0 Å². The molecule has 0 radical (unpaired) electrons. The lowest BCUT2D eigenvalue weighted by Crippen LogP contribution is -1.97. The Morgan fingerprint density at radius 3 is 1.57 bits per heavy atom. The summed E-state index contributed by atoms with van der Waals surface area (Å²) in [7, 11) is 0. The minimum absolute atomic E-state index is 0. The first-order valence-corrected chi connectivity index (χ1v) is 4.38. The van der Waals surface area contributed by atoms with Crippen LogP contribution >= 0.6 is 0 Å². The second-order valence-electron chi connectivity index (χ2n) is 3.02. The van der Waals surface area contributed by atoms with Gasteiger partial charge in [-0.05, 0) is 29.7 Å². The molecule has 2 heteroatoms. The molecule has 0 amide bonds. The van der Waals surface area contributed by atoms with Crippen LogP contribution in [0.5, 0.6) is 0 Å². The number of nitrogens with zero attached hydrogens (tertiary/aromatic N) is 1. The maximum atomic E-state index is 3.78. The van der Waals surface area contributed by atoms with E-state index in [2.05, 4.69) is 29.2 Å². The highest BCUT2D eigenvalue weighted by atomic mass is 14.6. The third-order valence-electron chi connectivity index (χ3n) is 1.97. The van der Waals surface area contributed by atoms with Crippen molar-refractivity contribution in [1.29, 1.82) is 0 Å². The monoisotopic (exact) mass is 186 g/mol. The molecule has 2 aliphatic carbocycles. The molecule has 1 aromatic carbocycles. The minimum atomic E-state index is 0. The first kappa shape index (κ1) is 10.4. The molecule has 72 valence electrons. The zero-order valence-electron chi connectivity index (χ0n) is 8.06. The minimum Gasteiger partial charge on any atom is -0.344 e. The van der Waals surface area contributed by atoms with Crippen molar-refractivity contribution in [1.82, 2.24) is 11.1 Å². The van der Waals surface area contributed by atoms with E-state index in [0.29, 0.717) is 0 Å². The molecule has 0 saturated heterocycles. The number of pyridine rings is 1. The molecule has 1 aromatic heterocycles. The summed E-state index contributed by atoms with van der Waals surface area (Å²) in [5.41, 5.74) is 2.97. The van der Waals surface area contributed by atoms with Crippen LogP contribution in [-0.2, 0) is 6.42 Å². The maximum Gasteiger partial charge on any atom is 0.0267 e. The first-order valence-electron chi connectivity index (χ1n) is 4.38. The summed E-state index contributed by atoms with van der Waals surface area (Å²) in [6.45, 7) is 0. The van der Waals surface area contributed by atoms with Crippen molar-refractivity contribution >= 4 is 0 Å². The predicted octanol–water partition coefficient (Wildman–Crippen LogP) is 2.83. The standard InChI is InChI=1S/C7H6.C5H5N.H3N/c1-2-6-4-7(3-1)5-6;1-2-4-6-5-3-1;/h1-4H,5H2;1-5H;1H3. The molecule has 0 saturated carbocycles. The highest BCUT2D eigenvalue weighted by molar-refractivity contribution is 5.37. The molecule has 1 heterocycles. The molecular formula is C12H14N2. The zero-order chi connectivity index (χ0) is 8.93. The van der Waals surface area contributed by atoms with E-state index < -0.39 is 0 Å². The molecule has 3 N–H and O–H groups in total. The van der Waals surface area contributed by atoms with Crippen molar-refractivity contribution in [2.75, 3.05) is 0 Å². The van der Waals surface area contributed by atoms with Crippen molar-refractivity contribution in [2.24, 2.45) is 0 Å². The molecule has 2 nitrogen and oxygen atoms in total. The molecular weight excluding hydrogens is 172 g/mol. The van der Waals surface area contributed by atoms with Crippen LogP contribution in [-0.4, -0.2) is 4.98 Å². The smallest absolute Gasteiger partial charge is 0.0267 e. The largest absolute Gasteiger partial charge is 0.344 e. The van der Waals surface area contributed by atoms with E-state index in [9.17, 15) is 0 Å². The van der Waals surface area contributed by atoms with E-state index in [4.69, 9.17) is 0 Å². The van der Waals surface area contributed by atoms with Crippen molar-refractivity contribution in [2.45, 2.75) is 6.42 Å². The second-order valence-corrected chi connectivity index (χ2v) is 3.02. The summed E-state index contributed by atoms with van der Waals surface area (Å²) in [4.78, 5) is 3.78. The van der Waals surface area contributed by atoms with E-state index in [0.717, 1.165) is 0 Å². The van der Waals surface area contributed by atoms with Crippen LogP contribution in [0, 0.1) is 0 Å². The molecule has 0 spiro atoms. The SMILES string of the molecule is N.c1cc2cc(c1)C2.c1ccncc1. The van der Waals surface area contributed by atoms with Gasteiger partial charge in [-0.1, -0.05) is 30.3 Å². The van der Waals surface area contributed by atoms with Gasteiger partial charge < -0.3 is 6.15 Å². The van der Waals surface area contributed by atoms with Gasteiger partial charge in [0, 0.05) is 12.4 Å². The summed E-state index contributed by atoms with van der Waals surface area (Å²) in [5, 5.41) is 0. The normalized spacial score (nSPS) is 10.0. The summed E-state index contributed by atoms with van der Waals surface area (Å²) < 4.78 is 0. The van der Waals surface area contributed by atoms with Crippen LogP contribution in [0.4, 0.5) is 0 Å². The molecule has 0 unspecified atom stereocenters. The van der Waals surface area contributed by atoms with Crippen molar-refractivity contribution in [3.8, 4) is 0 Å². The molecule has 4 rings (SSSR count). The Morgan fingerprint density at radius 1 is 0.857 bits per heavy atom. The third kappa shape index (κ3) is 2.68. The Morgan fingerprint density at radius 2 is 1.43 bits per heavy atom. The molecule has 0 atom stereocenters. The van der Waals surface area contributed by atoms with Crippen LogP contribution in [0.2, 0.25) is 0 Å². The van der Waals surface area contributed by atoms with Gasteiger partial charge in [0.05, 0.1) is 0 Å². The zero-order valence-corrected chi connectivity index (χ0v) is 8.06. The number of hydrogen-bond acceptors (Lipinski definition) is 2. The summed E-state index contributed by atoms with van der Waals surface area (Å²) in [6.07, 6.45) is 4.72. The van der Waals surface area contributed by atoms with E-state index in [1.165, 1.54) is 17.5 Å². The van der Waals surface area contributed by atoms with Gasteiger partial charge in [-0.25, -0.2) is 0 Å². The van der Waals surface area contributed by atoms with Crippen LogP contribution in [0.1, 0.15) is 11.1 Å². The number of hydrogen-bond donors (Lipinski definition) is 1. The van der Waals surface area contributed by atoms with Gasteiger partial charge in [0.15, 0.2) is 0 Å². The topological polar surface area (TPSA) is 47.9 Å². The van der Waals surface area contributed by atoms with Crippen LogP contribution in [0.3, 0.4) is 0 Å². The number of benzene rings is 1. The number of fused-ring (bicyclic) bond motifs is 2. The average molecular weight is 186 g/mol. The van der Waals surface area contributed by atoms with E-state index in [-0.39, 0.29) is 6.15 Å². The summed E-state index contributed by atoms with van der Waals surface area (Å²) in [6, 6.07) is 14.4. The Balaban J connectivity index is 0.000000132. The highest BCUT2D eigenvalue weighted by Gasteiger charge is 2.04. The van der Waals surface area contributed by atoms with Crippen molar-refractivity contribution in [3.05, 3.63) is 66.0 Å². The Kier molecular flexibility index (Phi) is 3.83. The Hall–Kier alpha value is -1.67. The molecule has 2 aliphatic rings. The van der Waals surface area contributed by atoms with Crippen LogP contribution in [0.25, 0.3) is 0 Å². The Bertz CT molecular complexity index is 320. The predicted molar refractivity (Wildman–Crippen MR) is 58.5 cm³/mol. The van der Waals surface area contributed by atoms with Crippen LogP contribution in [0.15, 0.2) is 54.9 Å². The molecule has 2 aromatic rings. The fourth-order valence-electron chi connectivity index (χ4n) is 1.27. The third-order valence-corrected chi connectivity index (χ3v) is 1.97. The quantitative estimate of drug-likeness (QED) is 0.586. The summed E-state index contributed by atoms with van der Waals surface area (Å²) >= 11 is 0. The van der Waals surface area contributed by atoms with Gasteiger partial charge in [0.25, 0.3) is 0 Å². The van der Waals surface area contributed by atoms with E-state index in [1.54, 1.807) is 12.4 Å². The van der Waals surface area contributed by atoms with Crippen LogP contribution < -0.4 is 6.15 Å². The fourth-order valence-corrected chi connectivity index (χ4v) is 1.27. The molecule has 0 fully saturated rings. The number of rotatable bonds is 0.